The molecule has 1 N–H and O–H groups in total. The summed E-state index contributed by atoms with van der Waals surface area (Å²) < 4.78 is 12.9. The summed E-state index contributed by atoms with van der Waals surface area (Å²) in [6, 6.07) is 9.50. The number of hydrogen-bond donors (Lipinski definition) is 1. The normalized spacial score (nSPS) is 14.7. The summed E-state index contributed by atoms with van der Waals surface area (Å²) in [5, 5.41) is 8.31. The zero-order valence-corrected chi connectivity index (χ0v) is 17.4. The first-order chi connectivity index (χ1) is 14.7. The van der Waals surface area contributed by atoms with Crippen molar-refractivity contribution in [3.05, 3.63) is 47.8 Å². The Morgan fingerprint density at radius 3 is 2.83 bits per heavy atom. The third-order valence-electron chi connectivity index (χ3n) is 5.37. The van der Waals surface area contributed by atoms with Crippen molar-refractivity contribution in [3.8, 4) is 5.75 Å². The number of ether oxygens (including phenoxy) is 2. The number of nitrogens with zero attached hydrogens (tertiary/aromatic N) is 4. The molecule has 0 atom stereocenters. The van der Waals surface area contributed by atoms with E-state index in [1.54, 1.807) is 13.3 Å². The van der Waals surface area contributed by atoms with E-state index in [-0.39, 0.29) is 5.91 Å². The topological polar surface area (TPSA) is 81.5 Å². The number of methoxy groups -OCH3 is 1. The van der Waals surface area contributed by atoms with Gasteiger partial charge in [0.1, 0.15) is 17.1 Å². The van der Waals surface area contributed by atoms with Gasteiger partial charge in [-0.25, -0.2) is 4.98 Å². The molecule has 1 fully saturated rings. The summed E-state index contributed by atoms with van der Waals surface area (Å²) in [6.45, 7) is 6.87. The van der Waals surface area contributed by atoms with E-state index < -0.39 is 0 Å². The summed E-state index contributed by atoms with van der Waals surface area (Å²) in [6.07, 6.45) is 2.58. The molecule has 0 spiro atoms. The van der Waals surface area contributed by atoms with Crippen LogP contribution in [0.3, 0.4) is 0 Å². The fourth-order valence-corrected chi connectivity index (χ4v) is 3.70. The second-order valence-corrected chi connectivity index (χ2v) is 7.24. The molecule has 1 aromatic carbocycles. The van der Waals surface area contributed by atoms with Gasteiger partial charge in [-0.05, 0) is 30.2 Å². The van der Waals surface area contributed by atoms with Crippen molar-refractivity contribution in [2.75, 3.05) is 45.3 Å². The Bertz CT molecular complexity index is 1030. The number of amides is 1. The predicted octanol–water partition coefficient (Wildman–Crippen LogP) is 2.59. The number of hydrogen-bond acceptors (Lipinski definition) is 6. The van der Waals surface area contributed by atoms with Crippen LogP contribution in [0.5, 0.6) is 5.75 Å². The quantitative estimate of drug-likeness (QED) is 0.646. The number of carbonyl (C=O) groups is 1. The number of benzene rings is 1. The highest BCUT2D eigenvalue weighted by Gasteiger charge is 2.21. The van der Waals surface area contributed by atoms with E-state index in [4.69, 9.17) is 9.47 Å². The zero-order chi connectivity index (χ0) is 20.9. The molecule has 1 amide bonds. The summed E-state index contributed by atoms with van der Waals surface area (Å²) in [4.78, 5) is 19.7. The number of nitrogens with one attached hydrogen (secondary N) is 1. The molecule has 1 saturated heterocycles. The molecule has 3 aromatic rings. The fraction of sp³-hybridized carbons (Fsp3) is 0.409. The molecule has 30 heavy (non-hydrogen) atoms. The lowest BCUT2D eigenvalue weighted by atomic mass is 10.2. The van der Waals surface area contributed by atoms with E-state index in [1.165, 1.54) is 0 Å². The highest BCUT2D eigenvalue weighted by atomic mass is 16.5. The van der Waals surface area contributed by atoms with Gasteiger partial charge < -0.3 is 14.8 Å². The maximum atomic E-state index is 13.1. The molecule has 0 unspecified atom stereocenters. The molecule has 0 bridgehead atoms. The summed E-state index contributed by atoms with van der Waals surface area (Å²) in [5.74, 6) is 0.949. The van der Waals surface area contributed by atoms with E-state index in [0.717, 1.165) is 55.7 Å². The monoisotopic (exact) mass is 409 g/mol. The molecule has 2 aromatic heterocycles. The van der Waals surface area contributed by atoms with Crippen LogP contribution in [0.15, 0.2) is 36.5 Å². The van der Waals surface area contributed by atoms with Gasteiger partial charge in [0.05, 0.1) is 26.9 Å². The van der Waals surface area contributed by atoms with Gasteiger partial charge in [-0.2, -0.15) is 5.10 Å². The predicted molar refractivity (Wildman–Crippen MR) is 115 cm³/mol. The van der Waals surface area contributed by atoms with Crippen LogP contribution in [0.25, 0.3) is 10.9 Å². The largest absolute Gasteiger partial charge is 0.494 e. The van der Waals surface area contributed by atoms with Gasteiger partial charge in [-0.15, -0.1) is 0 Å². The molecule has 1 aliphatic rings. The van der Waals surface area contributed by atoms with Crippen LogP contribution in [0.2, 0.25) is 0 Å². The molecule has 8 heteroatoms. The maximum Gasteiger partial charge on any atom is 0.277 e. The molecule has 0 aliphatic carbocycles. The van der Waals surface area contributed by atoms with Crippen molar-refractivity contribution in [3.63, 3.8) is 0 Å². The lowest BCUT2D eigenvalue weighted by Gasteiger charge is -2.26. The van der Waals surface area contributed by atoms with E-state index in [2.05, 4.69) is 27.2 Å². The molecule has 4 rings (SSSR count). The number of rotatable bonds is 7. The lowest BCUT2D eigenvalue weighted by molar-refractivity contribution is 0.0361. The number of para-hydroxylation sites is 1. The van der Waals surface area contributed by atoms with Crippen LogP contribution >= 0.6 is 0 Å². The molecule has 1 aliphatic heterocycles. The van der Waals surface area contributed by atoms with Crippen LogP contribution in [0, 0.1) is 0 Å². The van der Waals surface area contributed by atoms with Crippen molar-refractivity contribution < 1.29 is 14.3 Å². The number of fused-ring (bicyclic) bond motifs is 1. The smallest absolute Gasteiger partial charge is 0.277 e. The molecule has 8 nitrogen and oxygen atoms in total. The lowest BCUT2D eigenvalue weighted by Crippen LogP contribution is -2.38. The minimum absolute atomic E-state index is 0.279. The summed E-state index contributed by atoms with van der Waals surface area (Å²) in [7, 11) is 1.63. The second kappa shape index (κ2) is 9.23. The average molecular weight is 409 g/mol. The molecular weight excluding hydrogens is 382 g/mol. The third kappa shape index (κ3) is 4.29. The minimum Gasteiger partial charge on any atom is -0.494 e. The van der Waals surface area contributed by atoms with Crippen molar-refractivity contribution in [1.82, 2.24) is 19.7 Å². The first-order valence-corrected chi connectivity index (χ1v) is 10.3. The first kappa shape index (κ1) is 20.3. The van der Waals surface area contributed by atoms with Crippen molar-refractivity contribution >= 4 is 22.6 Å². The van der Waals surface area contributed by atoms with E-state index in [0.29, 0.717) is 23.8 Å². The van der Waals surface area contributed by atoms with Crippen molar-refractivity contribution in [2.45, 2.75) is 19.9 Å². The highest BCUT2D eigenvalue weighted by Crippen LogP contribution is 2.28. The zero-order valence-electron chi connectivity index (χ0n) is 17.4. The highest BCUT2D eigenvalue weighted by molar-refractivity contribution is 6.11. The maximum absolute atomic E-state index is 13.1. The molecule has 158 valence electrons. The Morgan fingerprint density at radius 1 is 1.23 bits per heavy atom. The minimum atomic E-state index is -0.279. The Labute approximate surface area is 175 Å². The van der Waals surface area contributed by atoms with Crippen LogP contribution in [0.1, 0.15) is 23.0 Å². The van der Waals surface area contributed by atoms with Crippen LogP contribution < -0.4 is 10.1 Å². The van der Waals surface area contributed by atoms with Crippen molar-refractivity contribution in [2.24, 2.45) is 0 Å². The van der Waals surface area contributed by atoms with Gasteiger partial charge in [-0.1, -0.05) is 19.1 Å². The standard InChI is InChI=1S/C22H27N5O3/c1-3-16-7-8-23-19(15-16)24-22(28)20-17-5-4-6-18(29-2)21(17)27(25-20)10-9-26-11-13-30-14-12-26/h4-8,15H,3,9-14H2,1-2H3,(H,23,24,28). The summed E-state index contributed by atoms with van der Waals surface area (Å²) in [5.41, 5.74) is 2.31. The average Bonchev–Trinajstić information content (AvgIpc) is 3.17. The Kier molecular flexibility index (Phi) is 6.25. The summed E-state index contributed by atoms with van der Waals surface area (Å²) >= 11 is 0. The van der Waals surface area contributed by atoms with Crippen LogP contribution in [-0.2, 0) is 17.7 Å². The molecule has 3 heterocycles. The second-order valence-electron chi connectivity index (χ2n) is 7.24. The third-order valence-corrected chi connectivity index (χ3v) is 5.37. The van der Waals surface area contributed by atoms with E-state index >= 15 is 0 Å². The van der Waals surface area contributed by atoms with Gasteiger partial charge in [0, 0.05) is 31.2 Å². The number of aromatic nitrogens is 3. The van der Waals surface area contributed by atoms with Gasteiger partial charge in [0.2, 0.25) is 0 Å². The Balaban J connectivity index is 1.62. The van der Waals surface area contributed by atoms with Gasteiger partial charge in [-0.3, -0.25) is 14.4 Å². The number of carbonyl (C=O) groups excluding carboxylic acids is 1. The SMILES string of the molecule is CCc1ccnc(NC(=O)c2nn(CCN3CCOCC3)c3c(OC)cccc23)c1. The first-order valence-electron chi connectivity index (χ1n) is 10.3. The number of morpholine rings is 1. The Hall–Kier alpha value is -2.97. The molecular formula is C22H27N5O3. The van der Waals surface area contributed by atoms with Crippen molar-refractivity contribution in [1.29, 1.82) is 0 Å². The van der Waals surface area contributed by atoms with Crippen LogP contribution in [0.4, 0.5) is 5.82 Å². The Morgan fingerprint density at radius 2 is 2.07 bits per heavy atom. The van der Waals surface area contributed by atoms with E-state index in [9.17, 15) is 4.79 Å². The number of aryl methyl sites for hydroxylation is 1. The van der Waals surface area contributed by atoms with E-state index in [1.807, 2.05) is 35.0 Å². The molecule has 0 saturated carbocycles. The molecule has 0 radical (unpaired) electrons. The van der Waals surface area contributed by atoms with Gasteiger partial charge >= 0.3 is 0 Å². The van der Waals surface area contributed by atoms with Gasteiger partial charge in [0.15, 0.2) is 5.69 Å². The number of anilines is 1. The van der Waals surface area contributed by atoms with Gasteiger partial charge in [0.25, 0.3) is 5.91 Å². The fourth-order valence-electron chi connectivity index (χ4n) is 3.70. The number of pyridine rings is 1. The van der Waals surface area contributed by atoms with Crippen LogP contribution in [-0.4, -0.2) is 65.5 Å².